The second-order valence-corrected chi connectivity index (χ2v) is 3.50. The van der Waals surface area contributed by atoms with E-state index in [4.69, 9.17) is 0 Å². The van der Waals surface area contributed by atoms with E-state index in [1.807, 2.05) is 0 Å². The summed E-state index contributed by atoms with van der Waals surface area (Å²) in [5.41, 5.74) is 0.374. The third-order valence-electron chi connectivity index (χ3n) is 2.84. The number of aliphatic hydroxyl groups excluding tert-OH is 1. The number of hydrogen-bond acceptors (Lipinski definition) is 1. The summed E-state index contributed by atoms with van der Waals surface area (Å²) in [6.45, 7) is 2.23. The summed E-state index contributed by atoms with van der Waals surface area (Å²) < 4.78 is 0. The fourth-order valence-electron chi connectivity index (χ4n) is 1.99. The number of hydrogen-bond donors (Lipinski definition) is 1. The van der Waals surface area contributed by atoms with Crippen LogP contribution >= 0.6 is 0 Å². The minimum absolute atomic E-state index is 0.0417. The predicted octanol–water partition coefficient (Wildman–Crippen LogP) is 1.33. The highest BCUT2D eigenvalue weighted by molar-refractivity contribution is 5.22. The molecule has 2 aliphatic carbocycles. The molecule has 0 aromatic carbocycles. The van der Waals surface area contributed by atoms with Gasteiger partial charge in [-0.2, -0.15) is 0 Å². The molecule has 0 aliphatic heterocycles. The Labute approximate surface area is 55.4 Å². The first kappa shape index (κ1) is 5.48. The van der Waals surface area contributed by atoms with Gasteiger partial charge in [0.05, 0.1) is 6.10 Å². The average molecular weight is 124 g/mol. The lowest BCUT2D eigenvalue weighted by Crippen LogP contribution is -2.30. The largest absolute Gasteiger partial charge is 0.392 e. The molecule has 50 valence electrons. The van der Waals surface area contributed by atoms with Crippen LogP contribution in [0, 0.1) is 11.3 Å². The lowest BCUT2D eigenvalue weighted by molar-refractivity contribution is 0.118. The van der Waals surface area contributed by atoms with Gasteiger partial charge in [-0.15, -0.1) is 0 Å². The van der Waals surface area contributed by atoms with Crippen molar-refractivity contribution in [2.75, 3.05) is 0 Å². The van der Waals surface area contributed by atoms with E-state index in [0.717, 1.165) is 6.42 Å². The Hall–Kier alpha value is -0.300. The zero-order chi connectivity index (χ0) is 6.48. The van der Waals surface area contributed by atoms with Gasteiger partial charge >= 0.3 is 0 Å². The molecule has 0 amide bonds. The Balaban J connectivity index is 2.25. The molecule has 0 spiro atoms. The van der Waals surface area contributed by atoms with E-state index < -0.39 is 0 Å². The van der Waals surface area contributed by atoms with E-state index in [0.29, 0.717) is 11.3 Å². The van der Waals surface area contributed by atoms with Gasteiger partial charge in [-0.3, -0.25) is 0 Å². The molecule has 0 bridgehead atoms. The molecule has 1 N–H and O–H groups in total. The molecule has 0 heterocycles. The van der Waals surface area contributed by atoms with Gasteiger partial charge in [0.2, 0.25) is 0 Å². The smallest absolute Gasteiger partial charge is 0.0611 e. The van der Waals surface area contributed by atoms with E-state index in [-0.39, 0.29) is 6.10 Å². The second-order valence-electron chi connectivity index (χ2n) is 3.50. The summed E-state index contributed by atoms with van der Waals surface area (Å²) in [6, 6.07) is 0. The first-order valence-corrected chi connectivity index (χ1v) is 3.60. The van der Waals surface area contributed by atoms with Crippen LogP contribution in [0.2, 0.25) is 0 Å². The van der Waals surface area contributed by atoms with Crippen molar-refractivity contribution in [3.05, 3.63) is 12.2 Å². The average Bonchev–Trinajstić information content (AvgIpc) is 1.93. The lowest BCUT2D eigenvalue weighted by Gasteiger charge is -2.35. The van der Waals surface area contributed by atoms with Crippen LogP contribution in [-0.2, 0) is 0 Å². The van der Waals surface area contributed by atoms with Crippen molar-refractivity contribution in [1.82, 2.24) is 0 Å². The van der Waals surface area contributed by atoms with Gasteiger partial charge in [0.25, 0.3) is 0 Å². The van der Waals surface area contributed by atoms with Gasteiger partial charge in [0.15, 0.2) is 0 Å². The SMILES string of the molecule is C[C@@]12C=C[C@@H]1[C@H](O)CC2. The summed E-state index contributed by atoms with van der Waals surface area (Å²) in [5.74, 6) is 0.484. The third-order valence-corrected chi connectivity index (χ3v) is 2.84. The second kappa shape index (κ2) is 1.40. The number of rotatable bonds is 0. The summed E-state index contributed by atoms with van der Waals surface area (Å²) >= 11 is 0. The van der Waals surface area contributed by atoms with Crippen molar-refractivity contribution in [2.45, 2.75) is 25.9 Å². The van der Waals surface area contributed by atoms with E-state index >= 15 is 0 Å². The molecule has 0 aromatic heterocycles. The van der Waals surface area contributed by atoms with Crippen LogP contribution in [-0.4, -0.2) is 11.2 Å². The molecule has 0 aromatic rings. The zero-order valence-corrected chi connectivity index (χ0v) is 5.67. The molecule has 1 saturated carbocycles. The number of allylic oxidation sites excluding steroid dienone is 1. The zero-order valence-electron chi connectivity index (χ0n) is 5.67. The minimum atomic E-state index is -0.0417. The number of fused-ring (bicyclic) bond motifs is 1. The maximum absolute atomic E-state index is 9.33. The fourth-order valence-corrected chi connectivity index (χ4v) is 1.99. The predicted molar refractivity (Wildman–Crippen MR) is 36.0 cm³/mol. The first-order chi connectivity index (χ1) is 4.22. The van der Waals surface area contributed by atoms with Gasteiger partial charge in [-0.1, -0.05) is 19.1 Å². The molecular formula is C8H12O. The molecule has 2 rings (SSSR count). The quantitative estimate of drug-likeness (QED) is 0.483. The lowest BCUT2D eigenvalue weighted by atomic mass is 9.70. The maximum Gasteiger partial charge on any atom is 0.0611 e. The van der Waals surface area contributed by atoms with E-state index in [1.165, 1.54) is 6.42 Å². The highest BCUT2D eigenvalue weighted by Crippen LogP contribution is 2.51. The molecule has 1 fully saturated rings. The van der Waals surface area contributed by atoms with Crippen molar-refractivity contribution >= 4 is 0 Å². The standard InChI is InChI=1S/C8H12O/c1-8-4-2-6(8)7(9)3-5-8/h2,4,6-7,9H,3,5H2,1H3/t6-,7-,8+/m1/s1. The molecule has 0 saturated heterocycles. The Morgan fingerprint density at radius 2 is 2.44 bits per heavy atom. The van der Waals surface area contributed by atoms with Crippen molar-refractivity contribution < 1.29 is 5.11 Å². The molecule has 2 aliphatic rings. The van der Waals surface area contributed by atoms with Crippen molar-refractivity contribution in [2.24, 2.45) is 11.3 Å². The summed E-state index contributed by atoms with van der Waals surface area (Å²) in [6.07, 6.45) is 6.50. The third kappa shape index (κ3) is 0.531. The Morgan fingerprint density at radius 3 is 2.67 bits per heavy atom. The van der Waals surface area contributed by atoms with Crippen molar-refractivity contribution in [3.63, 3.8) is 0 Å². The van der Waals surface area contributed by atoms with Crippen LogP contribution in [0.4, 0.5) is 0 Å². The van der Waals surface area contributed by atoms with Crippen molar-refractivity contribution in [1.29, 1.82) is 0 Å². The molecule has 0 radical (unpaired) electrons. The highest BCUT2D eigenvalue weighted by Gasteiger charge is 2.46. The molecule has 1 nitrogen and oxygen atoms in total. The van der Waals surface area contributed by atoms with Crippen LogP contribution < -0.4 is 0 Å². The summed E-state index contributed by atoms with van der Waals surface area (Å²) in [5, 5.41) is 9.33. The fraction of sp³-hybridized carbons (Fsp3) is 0.750. The highest BCUT2D eigenvalue weighted by atomic mass is 16.3. The van der Waals surface area contributed by atoms with Gasteiger partial charge < -0.3 is 5.11 Å². The van der Waals surface area contributed by atoms with Gasteiger partial charge in [0.1, 0.15) is 0 Å². The molecule has 9 heavy (non-hydrogen) atoms. The molecule has 1 heteroatoms. The van der Waals surface area contributed by atoms with Crippen molar-refractivity contribution in [3.8, 4) is 0 Å². The van der Waals surface area contributed by atoms with Crippen LogP contribution in [0.25, 0.3) is 0 Å². The maximum atomic E-state index is 9.33. The van der Waals surface area contributed by atoms with E-state index in [1.54, 1.807) is 0 Å². The van der Waals surface area contributed by atoms with Gasteiger partial charge in [-0.25, -0.2) is 0 Å². The van der Waals surface area contributed by atoms with Gasteiger partial charge in [-0.05, 0) is 18.3 Å². The number of aliphatic hydroxyl groups is 1. The first-order valence-electron chi connectivity index (χ1n) is 3.60. The monoisotopic (exact) mass is 124 g/mol. The summed E-state index contributed by atoms with van der Waals surface area (Å²) in [7, 11) is 0. The van der Waals surface area contributed by atoms with Gasteiger partial charge in [0, 0.05) is 5.92 Å². The molecule has 3 atom stereocenters. The van der Waals surface area contributed by atoms with Crippen LogP contribution in [0.3, 0.4) is 0 Å². The van der Waals surface area contributed by atoms with Crippen LogP contribution in [0.15, 0.2) is 12.2 Å². The summed E-state index contributed by atoms with van der Waals surface area (Å²) in [4.78, 5) is 0. The van der Waals surface area contributed by atoms with E-state index in [9.17, 15) is 5.11 Å². The van der Waals surface area contributed by atoms with E-state index in [2.05, 4.69) is 19.1 Å². The normalized spacial score (nSPS) is 54.9. The Bertz CT molecular complexity index is 162. The molecular weight excluding hydrogens is 112 g/mol. The minimum Gasteiger partial charge on any atom is -0.392 e. The molecule has 0 unspecified atom stereocenters. The Kier molecular flexibility index (Phi) is 0.854. The van der Waals surface area contributed by atoms with Crippen LogP contribution in [0.5, 0.6) is 0 Å². The topological polar surface area (TPSA) is 20.2 Å². The van der Waals surface area contributed by atoms with Crippen LogP contribution in [0.1, 0.15) is 19.8 Å². The Morgan fingerprint density at radius 1 is 1.67 bits per heavy atom.